The van der Waals surface area contributed by atoms with E-state index in [9.17, 15) is 4.79 Å². The van der Waals surface area contributed by atoms with Crippen LogP contribution in [0.5, 0.6) is 0 Å². The molecule has 0 aromatic heterocycles. The van der Waals surface area contributed by atoms with Gasteiger partial charge in [0.25, 0.3) is 0 Å². The molecule has 0 spiro atoms. The van der Waals surface area contributed by atoms with E-state index in [1.807, 2.05) is 6.07 Å². The fourth-order valence-corrected chi connectivity index (χ4v) is 2.14. The first-order valence-corrected chi connectivity index (χ1v) is 6.95. The number of benzene rings is 1. The molecule has 0 saturated carbocycles. The van der Waals surface area contributed by atoms with Crippen LogP contribution in [0, 0.1) is 0 Å². The first kappa shape index (κ1) is 17.0. The molecule has 0 fully saturated rings. The molecule has 0 aliphatic rings. The summed E-state index contributed by atoms with van der Waals surface area (Å²) in [6.07, 6.45) is 1.51. The van der Waals surface area contributed by atoms with Crippen molar-refractivity contribution in [2.24, 2.45) is 11.5 Å². The zero-order valence-electron chi connectivity index (χ0n) is 10.1. The molecule has 1 unspecified atom stereocenters. The molecule has 1 aromatic rings. The number of alkyl halides is 3. The highest BCUT2D eigenvalue weighted by Crippen LogP contribution is 2.34. The number of halogens is 3. The predicted molar refractivity (Wildman–Crippen MR) is 87.6 cm³/mol. The second-order valence-corrected chi connectivity index (χ2v) is 6.67. The summed E-state index contributed by atoms with van der Waals surface area (Å²) < 4.78 is -1.85. The molecule has 1 rings (SSSR count). The predicted octanol–water partition coefficient (Wildman–Crippen LogP) is 2.13. The Morgan fingerprint density at radius 1 is 1.25 bits per heavy atom. The average molecular weight is 353 g/mol. The highest BCUT2D eigenvalue weighted by atomic mass is 35.6. The normalized spacial score (nSPS) is 13.7. The van der Waals surface area contributed by atoms with E-state index in [0.717, 1.165) is 5.56 Å². The van der Waals surface area contributed by atoms with Crippen molar-refractivity contribution >= 4 is 64.1 Å². The first-order valence-electron chi connectivity index (χ1n) is 5.41. The first-order chi connectivity index (χ1) is 9.21. The summed E-state index contributed by atoms with van der Waals surface area (Å²) in [6.45, 7) is 0. The third-order valence-electron chi connectivity index (χ3n) is 2.33. The van der Waals surface area contributed by atoms with Gasteiger partial charge in [-0.05, 0) is 23.9 Å². The molecule has 4 nitrogen and oxygen atoms in total. The molecular weight excluding hydrogens is 341 g/mol. The van der Waals surface area contributed by atoms with E-state index >= 15 is 0 Å². The van der Waals surface area contributed by atoms with Crippen LogP contribution in [-0.2, 0) is 4.79 Å². The fourth-order valence-electron chi connectivity index (χ4n) is 1.50. The van der Waals surface area contributed by atoms with Crippen LogP contribution in [0.15, 0.2) is 35.9 Å². The minimum Gasteiger partial charge on any atom is -0.376 e. The Bertz CT molecular complexity index is 528. The van der Waals surface area contributed by atoms with E-state index in [1.165, 1.54) is 6.08 Å². The minimum absolute atomic E-state index is 0.0593. The van der Waals surface area contributed by atoms with Gasteiger partial charge in [0.2, 0.25) is 9.70 Å². The lowest BCUT2D eigenvalue weighted by atomic mass is 10.0. The maximum Gasteiger partial charge on any atom is 0.246 e. The van der Waals surface area contributed by atoms with Gasteiger partial charge in [0.1, 0.15) is 6.04 Å². The molecule has 1 amide bonds. The zero-order chi connectivity index (χ0) is 15.3. The number of hydrogen-bond acceptors (Lipinski definition) is 2. The Morgan fingerprint density at radius 3 is 2.20 bits per heavy atom. The fraction of sp³-hybridized carbons (Fsp3) is 0.167. The lowest BCUT2D eigenvalue weighted by molar-refractivity contribution is -0.114. The SMILES string of the molecule is NC(=O)C(=Cc1ccccc1)C(NC(N)=S)C(Cl)(Cl)Cl. The Hall–Kier alpha value is -1.01. The van der Waals surface area contributed by atoms with Crippen molar-refractivity contribution < 1.29 is 4.79 Å². The van der Waals surface area contributed by atoms with Crippen LogP contribution < -0.4 is 16.8 Å². The van der Waals surface area contributed by atoms with Crippen molar-refractivity contribution in [1.29, 1.82) is 0 Å². The van der Waals surface area contributed by atoms with E-state index in [-0.39, 0.29) is 10.7 Å². The summed E-state index contributed by atoms with van der Waals surface area (Å²) >= 11 is 22.3. The van der Waals surface area contributed by atoms with E-state index in [4.69, 9.17) is 58.5 Å². The molecule has 0 saturated heterocycles. The number of primary amides is 1. The number of amides is 1. The van der Waals surface area contributed by atoms with Crippen molar-refractivity contribution in [3.05, 3.63) is 41.5 Å². The third kappa shape index (κ3) is 5.17. The summed E-state index contributed by atoms with van der Waals surface area (Å²) in [5, 5.41) is 2.46. The van der Waals surface area contributed by atoms with Gasteiger partial charge >= 0.3 is 0 Å². The maximum atomic E-state index is 11.6. The highest BCUT2D eigenvalue weighted by Gasteiger charge is 2.37. The molecule has 1 atom stereocenters. The Labute approximate surface area is 137 Å². The third-order valence-corrected chi connectivity index (χ3v) is 3.10. The van der Waals surface area contributed by atoms with Gasteiger partial charge in [0.05, 0.1) is 0 Å². The molecule has 0 aliphatic carbocycles. The molecule has 0 bridgehead atoms. The smallest absolute Gasteiger partial charge is 0.246 e. The standard InChI is InChI=1S/C12H12Cl3N3OS/c13-12(14,15)9(18-11(17)20)8(10(16)19)6-7-4-2-1-3-5-7/h1-6,9H,(H2,16,19)(H3,17,18,20). The van der Waals surface area contributed by atoms with Crippen LogP contribution in [0.25, 0.3) is 6.08 Å². The quantitative estimate of drug-likeness (QED) is 0.440. The van der Waals surface area contributed by atoms with Crippen molar-refractivity contribution in [3.63, 3.8) is 0 Å². The average Bonchev–Trinajstić information content (AvgIpc) is 2.33. The topological polar surface area (TPSA) is 81.1 Å². The van der Waals surface area contributed by atoms with E-state index < -0.39 is 15.7 Å². The van der Waals surface area contributed by atoms with E-state index in [2.05, 4.69) is 5.32 Å². The van der Waals surface area contributed by atoms with Crippen LogP contribution in [0.1, 0.15) is 5.56 Å². The molecule has 1 aromatic carbocycles. The second kappa shape index (κ2) is 7.13. The number of hydrogen-bond donors (Lipinski definition) is 3. The van der Waals surface area contributed by atoms with Gasteiger partial charge in [-0.25, -0.2) is 0 Å². The number of carbonyl (C=O) groups is 1. The molecule has 108 valence electrons. The van der Waals surface area contributed by atoms with Gasteiger partial charge in [-0.3, -0.25) is 4.79 Å². The van der Waals surface area contributed by atoms with Crippen LogP contribution >= 0.6 is 47.0 Å². The Balaban J connectivity index is 3.25. The largest absolute Gasteiger partial charge is 0.376 e. The summed E-state index contributed by atoms with van der Waals surface area (Å²) in [5.74, 6) is -0.742. The second-order valence-electron chi connectivity index (χ2n) is 3.86. The number of carbonyl (C=O) groups excluding carboxylic acids is 1. The van der Waals surface area contributed by atoms with Gasteiger partial charge in [0.15, 0.2) is 5.11 Å². The number of nitrogens with one attached hydrogen (secondary N) is 1. The molecule has 0 radical (unpaired) electrons. The molecule has 0 heterocycles. The molecule has 20 heavy (non-hydrogen) atoms. The summed E-state index contributed by atoms with van der Waals surface area (Å²) in [7, 11) is 0. The van der Waals surface area contributed by atoms with Gasteiger partial charge in [0, 0.05) is 5.57 Å². The van der Waals surface area contributed by atoms with Crippen molar-refractivity contribution in [2.45, 2.75) is 9.83 Å². The van der Waals surface area contributed by atoms with Crippen molar-refractivity contribution in [1.82, 2.24) is 5.32 Å². The summed E-state index contributed by atoms with van der Waals surface area (Å²) in [6, 6.07) is 7.94. The van der Waals surface area contributed by atoms with Gasteiger partial charge < -0.3 is 16.8 Å². The summed E-state index contributed by atoms with van der Waals surface area (Å²) in [4.78, 5) is 11.6. The number of thiocarbonyl (C=S) groups is 1. The molecule has 0 aliphatic heterocycles. The van der Waals surface area contributed by atoms with E-state index in [1.54, 1.807) is 24.3 Å². The van der Waals surface area contributed by atoms with Crippen LogP contribution in [0.4, 0.5) is 0 Å². The van der Waals surface area contributed by atoms with Gasteiger partial charge in [-0.15, -0.1) is 0 Å². The monoisotopic (exact) mass is 351 g/mol. The van der Waals surface area contributed by atoms with Crippen LogP contribution in [0.3, 0.4) is 0 Å². The van der Waals surface area contributed by atoms with Gasteiger partial charge in [-0.1, -0.05) is 65.1 Å². The molecular formula is C12H12Cl3N3OS. The molecule has 8 heteroatoms. The lowest BCUT2D eigenvalue weighted by Gasteiger charge is -2.26. The highest BCUT2D eigenvalue weighted by molar-refractivity contribution is 7.80. The Kier molecular flexibility index (Phi) is 6.07. The van der Waals surface area contributed by atoms with Crippen molar-refractivity contribution in [3.8, 4) is 0 Å². The zero-order valence-corrected chi connectivity index (χ0v) is 13.2. The molecule has 5 N–H and O–H groups in total. The van der Waals surface area contributed by atoms with Gasteiger partial charge in [-0.2, -0.15) is 0 Å². The summed E-state index contributed by atoms with van der Waals surface area (Å²) in [5.41, 5.74) is 11.5. The van der Waals surface area contributed by atoms with Crippen LogP contribution in [0.2, 0.25) is 0 Å². The Morgan fingerprint density at radius 2 is 1.80 bits per heavy atom. The number of nitrogens with two attached hydrogens (primary N) is 2. The lowest BCUT2D eigenvalue weighted by Crippen LogP contribution is -2.49. The maximum absolute atomic E-state index is 11.6. The van der Waals surface area contributed by atoms with Crippen molar-refractivity contribution in [2.75, 3.05) is 0 Å². The minimum atomic E-state index is -1.85. The number of rotatable bonds is 4. The van der Waals surface area contributed by atoms with Crippen LogP contribution in [-0.4, -0.2) is 20.9 Å². The van der Waals surface area contributed by atoms with E-state index in [0.29, 0.717) is 0 Å².